The molecule has 0 aromatic carbocycles. The molecule has 0 fully saturated rings. The Hall–Kier alpha value is -0.320. The van der Waals surface area contributed by atoms with Gasteiger partial charge in [0.05, 0.1) is 12.2 Å². The molecule has 0 saturated carbocycles. The SMILES string of the molecule is CCOP(=O)(O/C(C)=C(\C=C(Cl)Cl)C(C)=O)N(CC)CC. The molecule has 0 amide bonds. The molecule has 0 bridgehead atoms. The van der Waals surface area contributed by atoms with Crippen LogP contribution in [0.1, 0.15) is 34.6 Å². The standard InChI is InChI=1S/C13H22Cl2NO4P/c1-6-16(7-2)21(18,19-8-3)20-11(5)12(10(4)17)9-13(14)15/h9H,6-8H2,1-5H3/b12-11+. The van der Waals surface area contributed by atoms with Gasteiger partial charge >= 0.3 is 7.75 Å². The van der Waals surface area contributed by atoms with Crippen LogP contribution in [0.25, 0.3) is 0 Å². The molecule has 1 unspecified atom stereocenters. The van der Waals surface area contributed by atoms with Crippen molar-refractivity contribution in [1.29, 1.82) is 0 Å². The maximum absolute atomic E-state index is 12.8. The Kier molecular flexibility index (Phi) is 9.50. The molecule has 0 N–H and O–H groups in total. The molecule has 0 radical (unpaired) electrons. The van der Waals surface area contributed by atoms with Crippen LogP contribution in [0.3, 0.4) is 0 Å². The lowest BCUT2D eigenvalue weighted by atomic mass is 10.1. The first-order valence-electron chi connectivity index (χ1n) is 6.65. The number of carbonyl (C=O) groups is 1. The third kappa shape index (κ3) is 6.54. The molecular formula is C13H22Cl2NO4P. The first-order chi connectivity index (χ1) is 9.71. The van der Waals surface area contributed by atoms with Gasteiger partial charge in [0.15, 0.2) is 5.78 Å². The van der Waals surface area contributed by atoms with Crippen LogP contribution in [0.4, 0.5) is 0 Å². The summed E-state index contributed by atoms with van der Waals surface area (Å²) in [6.07, 6.45) is 1.26. The lowest BCUT2D eigenvalue weighted by Crippen LogP contribution is -2.22. The third-order valence-corrected chi connectivity index (χ3v) is 5.20. The molecule has 0 aliphatic carbocycles. The van der Waals surface area contributed by atoms with E-state index in [1.54, 1.807) is 11.6 Å². The Bertz CT molecular complexity index is 469. The molecule has 8 heteroatoms. The molecule has 1 atom stereocenters. The van der Waals surface area contributed by atoms with E-state index in [1.807, 2.05) is 13.8 Å². The van der Waals surface area contributed by atoms with Crippen molar-refractivity contribution in [3.05, 3.63) is 21.9 Å². The predicted octanol–water partition coefficient (Wildman–Crippen LogP) is 4.67. The number of nitrogens with zero attached hydrogens (tertiary/aromatic N) is 1. The van der Waals surface area contributed by atoms with Gasteiger partial charge in [-0.3, -0.25) is 9.32 Å². The fourth-order valence-corrected chi connectivity index (χ4v) is 3.69. The van der Waals surface area contributed by atoms with E-state index in [2.05, 4.69) is 0 Å². The highest BCUT2D eigenvalue weighted by Gasteiger charge is 2.33. The molecule has 122 valence electrons. The second kappa shape index (κ2) is 9.65. The molecule has 0 aromatic rings. The number of hydrogen-bond donors (Lipinski definition) is 0. The van der Waals surface area contributed by atoms with Gasteiger partial charge in [0.2, 0.25) is 0 Å². The van der Waals surface area contributed by atoms with Gasteiger partial charge in [0.1, 0.15) is 10.3 Å². The highest BCUT2D eigenvalue weighted by atomic mass is 35.5. The lowest BCUT2D eigenvalue weighted by Gasteiger charge is -2.28. The van der Waals surface area contributed by atoms with Crippen LogP contribution in [0.5, 0.6) is 0 Å². The molecule has 5 nitrogen and oxygen atoms in total. The summed E-state index contributed by atoms with van der Waals surface area (Å²) in [6, 6.07) is 0. The van der Waals surface area contributed by atoms with Gasteiger partial charge < -0.3 is 4.52 Å². The van der Waals surface area contributed by atoms with Crippen molar-refractivity contribution in [1.82, 2.24) is 4.67 Å². The summed E-state index contributed by atoms with van der Waals surface area (Å²) >= 11 is 11.2. The molecule has 0 aromatic heterocycles. The Labute approximate surface area is 136 Å². The Balaban J connectivity index is 5.65. The largest absolute Gasteiger partial charge is 0.461 e. The average molecular weight is 358 g/mol. The topological polar surface area (TPSA) is 55.8 Å². The van der Waals surface area contributed by atoms with Crippen molar-refractivity contribution < 1.29 is 18.4 Å². The van der Waals surface area contributed by atoms with Gasteiger partial charge in [0, 0.05) is 13.1 Å². The summed E-state index contributed by atoms with van der Waals surface area (Å²) < 4.78 is 25.1. The van der Waals surface area contributed by atoms with Crippen molar-refractivity contribution in [2.45, 2.75) is 34.6 Å². The van der Waals surface area contributed by atoms with E-state index in [9.17, 15) is 9.36 Å². The average Bonchev–Trinajstić information content (AvgIpc) is 2.36. The molecule has 0 spiro atoms. The van der Waals surface area contributed by atoms with Gasteiger partial charge in [-0.15, -0.1) is 0 Å². The zero-order valence-corrected chi connectivity index (χ0v) is 15.4. The summed E-state index contributed by atoms with van der Waals surface area (Å²) in [4.78, 5) is 11.6. The van der Waals surface area contributed by atoms with Crippen molar-refractivity contribution in [3.8, 4) is 0 Å². The number of carbonyl (C=O) groups excluding carboxylic acids is 1. The van der Waals surface area contributed by atoms with Gasteiger partial charge in [-0.2, -0.15) is 4.67 Å². The Morgan fingerprint density at radius 1 is 1.19 bits per heavy atom. The zero-order chi connectivity index (χ0) is 16.6. The van der Waals surface area contributed by atoms with Crippen molar-refractivity contribution in [3.63, 3.8) is 0 Å². The van der Waals surface area contributed by atoms with E-state index < -0.39 is 7.75 Å². The van der Waals surface area contributed by atoms with Gasteiger partial charge in [-0.1, -0.05) is 37.0 Å². The normalized spacial score (nSPS) is 15.2. The van der Waals surface area contributed by atoms with Crippen LogP contribution in [0.15, 0.2) is 21.9 Å². The molecule has 21 heavy (non-hydrogen) atoms. The number of halogens is 2. The van der Waals surface area contributed by atoms with Crippen LogP contribution in [0, 0.1) is 0 Å². The van der Waals surface area contributed by atoms with Crippen LogP contribution < -0.4 is 0 Å². The van der Waals surface area contributed by atoms with Gasteiger partial charge in [0.25, 0.3) is 0 Å². The molecule has 0 rings (SSSR count). The highest BCUT2D eigenvalue weighted by Crippen LogP contribution is 2.53. The maximum Gasteiger partial charge on any atom is 0.461 e. The smallest absolute Gasteiger partial charge is 0.417 e. The summed E-state index contributed by atoms with van der Waals surface area (Å²) in [5, 5.41) is 0. The van der Waals surface area contributed by atoms with E-state index in [4.69, 9.17) is 32.2 Å². The van der Waals surface area contributed by atoms with Crippen molar-refractivity contribution >= 4 is 36.7 Å². The minimum atomic E-state index is -3.51. The molecule has 0 aliphatic heterocycles. The zero-order valence-electron chi connectivity index (χ0n) is 13.0. The van der Waals surface area contributed by atoms with Crippen molar-refractivity contribution in [2.24, 2.45) is 0 Å². The lowest BCUT2D eigenvalue weighted by molar-refractivity contribution is -0.113. The first-order valence-corrected chi connectivity index (χ1v) is 8.91. The first kappa shape index (κ1) is 20.7. The van der Waals surface area contributed by atoms with E-state index in [-0.39, 0.29) is 28.2 Å². The molecular weight excluding hydrogens is 336 g/mol. The molecule has 0 heterocycles. The quantitative estimate of drug-likeness (QED) is 0.259. The Morgan fingerprint density at radius 2 is 1.71 bits per heavy atom. The highest BCUT2D eigenvalue weighted by molar-refractivity contribution is 7.51. The molecule has 0 aliphatic rings. The van der Waals surface area contributed by atoms with E-state index in [0.29, 0.717) is 13.1 Å². The summed E-state index contributed by atoms with van der Waals surface area (Å²) in [5.41, 5.74) is 0.155. The molecule has 0 saturated heterocycles. The van der Waals surface area contributed by atoms with Gasteiger partial charge in [-0.05, 0) is 26.8 Å². The number of allylic oxidation sites excluding steroid dienone is 3. The van der Waals surface area contributed by atoms with E-state index in [0.717, 1.165) is 0 Å². The number of rotatable bonds is 9. The number of ketones is 1. The van der Waals surface area contributed by atoms with Gasteiger partial charge in [-0.25, -0.2) is 4.57 Å². The van der Waals surface area contributed by atoms with Crippen LogP contribution in [-0.2, 0) is 18.4 Å². The monoisotopic (exact) mass is 357 g/mol. The summed E-state index contributed by atoms with van der Waals surface area (Å²) in [5.74, 6) is -0.140. The van der Waals surface area contributed by atoms with E-state index >= 15 is 0 Å². The minimum absolute atomic E-state index is 0.0859. The van der Waals surface area contributed by atoms with Crippen LogP contribution in [-0.4, -0.2) is 30.2 Å². The van der Waals surface area contributed by atoms with Crippen LogP contribution >= 0.6 is 30.9 Å². The number of hydrogen-bond acceptors (Lipinski definition) is 4. The third-order valence-electron chi connectivity index (χ3n) is 2.63. The minimum Gasteiger partial charge on any atom is -0.417 e. The second-order valence-electron chi connectivity index (χ2n) is 4.08. The van der Waals surface area contributed by atoms with Crippen LogP contribution in [0.2, 0.25) is 0 Å². The summed E-state index contributed by atoms with van der Waals surface area (Å²) in [6.45, 7) is 9.49. The fourth-order valence-electron chi connectivity index (χ4n) is 1.68. The Morgan fingerprint density at radius 3 is 2.05 bits per heavy atom. The summed E-state index contributed by atoms with van der Waals surface area (Å²) in [7, 11) is -3.51. The fraction of sp³-hybridized carbons (Fsp3) is 0.615. The second-order valence-corrected chi connectivity index (χ2v) is 7.03. The number of Topliss-reactive ketones (excluding diaryl/α,β-unsaturated/α-hetero) is 1. The predicted molar refractivity (Wildman–Crippen MR) is 86.4 cm³/mol. The maximum atomic E-state index is 12.8. The van der Waals surface area contributed by atoms with E-state index in [1.165, 1.54) is 19.9 Å². The van der Waals surface area contributed by atoms with Crippen molar-refractivity contribution in [2.75, 3.05) is 19.7 Å².